The third-order valence-corrected chi connectivity index (χ3v) is 3.53. The van der Waals surface area contributed by atoms with E-state index in [9.17, 15) is 9.90 Å². The fourth-order valence-electron chi connectivity index (χ4n) is 1.70. The topological polar surface area (TPSA) is 61.7 Å². The molecular formula is C15H12BrClN2O2. The van der Waals surface area contributed by atoms with Gasteiger partial charge in [0.1, 0.15) is 5.75 Å². The van der Waals surface area contributed by atoms with Gasteiger partial charge in [-0.3, -0.25) is 4.79 Å². The molecule has 0 saturated carbocycles. The van der Waals surface area contributed by atoms with Gasteiger partial charge in [-0.05, 0) is 47.1 Å². The molecule has 4 nitrogen and oxygen atoms in total. The summed E-state index contributed by atoms with van der Waals surface area (Å²) in [5.74, 6) is -0.316. The molecule has 2 N–H and O–H groups in total. The Morgan fingerprint density at radius 3 is 2.86 bits per heavy atom. The molecule has 0 spiro atoms. The highest BCUT2D eigenvalue weighted by molar-refractivity contribution is 9.10. The van der Waals surface area contributed by atoms with Gasteiger partial charge in [0.05, 0.1) is 10.7 Å². The van der Waals surface area contributed by atoms with Crippen molar-refractivity contribution < 1.29 is 9.90 Å². The first-order chi connectivity index (χ1) is 9.97. The molecule has 2 aromatic rings. The van der Waals surface area contributed by atoms with Crippen LogP contribution in [-0.4, -0.2) is 17.2 Å². The summed E-state index contributed by atoms with van der Waals surface area (Å²) in [6.07, 6.45) is 1.33. The van der Waals surface area contributed by atoms with Gasteiger partial charge < -0.3 is 5.11 Å². The van der Waals surface area contributed by atoms with Crippen molar-refractivity contribution in [2.45, 2.75) is 6.92 Å². The lowest BCUT2D eigenvalue weighted by Gasteiger charge is -2.03. The number of nitrogens with one attached hydrogen (secondary N) is 1. The molecule has 0 aliphatic rings. The van der Waals surface area contributed by atoms with Gasteiger partial charge in [0.2, 0.25) is 0 Å². The highest BCUT2D eigenvalue weighted by atomic mass is 79.9. The maximum Gasteiger partial charge on any atom is 0.271 e. The summed E-state index contributed by atoms with van der Waals surface area (Å²) in [6.45, 7) is 1.90. The number of amides is 1. The molecule has 0 heterocycles. The number of hydrogen-bond donors (Lipinski definition) is 2. The van der Waals surface area contributed by atoms with Crippen LogP contribution in [0.5, 0.6) is 5.75 Å². The molecule has 0 aliphatic heterocycles. The molecule has 21 heavy (non-hydrogen) atoms. The predicted octanol–water partition coefficient (Wildman–Crippen LogP) is 3.88. The van der Waals surface area contributed by atoms with E-state index in [4.69, 9.17) is 11.6 Å². The van der Waals surface area contributed by atoms with Crippen LogP contribution in [0.2, 0.25) is 5.02 Å². The SMILES string of the molecule is Cc1cccc(C(=O)NN=Cc2cc(Cl)cc(Br)c2O)c1. The number of hydrazone groups is 1. The normalized spacial score (nSPS) is 10.8. The lowest BCUT2D eigenvalue weighted by atomic mass is 10.1. The van der Waals surface area contributed by atoms with Gasteiger partial charge in [0, 0.05) is 16.1 Å². The van der Waals surface area contributed by atoms with E-state index in [0.29, 0.717) is 20.6 Å². The molecule has 108 valence electrons. The van der Waals surface area contributed by atoms with Gasteiger partial charge in [-0.2, -0.15) is 5.10 Å². The van der Waals surface area contributed by atoms with Gasteiger partial charge in [0.25, 0.3) is 5.91 Å². The maximum absolute atomic E-state index is 11.9. The van der Waals surface area contributed by atoms with Crippen LogP contribution in [-0.2, 0) is 0 Å². The molecule has 0 atom stereocenters. The Bertz CT molecular complexity index is 717. The van der Waals surface area contributed by atoms with Crippen molar-refractivity contribution in [3.63, 3.8) is 0 Å². The minimum absolute atomic E-state index is 0.00737. The van der Waals surface area contributed by atoms with E-state index in [-0.39, 0.29) is 11.7 Å². The fraction of sp³-hybridized carbons (Fsp3) is 0.0667. The number of carbonyl (C=O) groups is 1. The van der Waals surface area contributed by atoms with E-state index in [0.717, 1.165) is 5.56 Å². The number of nitrogens with zero attached hydrogens (tertiary/aromatic N) is 1. The highest BCUT2D eigenvalue weighted by Gasteiger charge is 2.06. The van der Waals surface area contributed by atoms with E-state index in [2.05, 4.69) is 26.5 Å². The number of rotatable bonds is 3. The average Bonchev–Trinajstić information content (AvgIpc) is 2.43. The van der Waals surface area contributed by atoms with E-state index in [1.54, 1.807) is 30.3 Å². The second-order valence-corrected chi connectivity index (χ2v) is 5.68. The zero-order valence-corrected chi connectivity index (χ0v) is 13.4. The average molecular weight is 368 g/mol. The second-order valence-electron chi connectivity index (χ2n) is 4.39. The minimum atomic E-state index is -0.324. The number of phenolic OH excluding ortho intramolecular Hbond substituents is 1. The molecule has 2 aromatic carbocycles. The zero-order valence-electron chi connectivity index (χ0n) is 11.1. The molecule has 0 bridgehead atoms. The van der Waals surface area contributed by atoms with Gasteiger partial charge in [-0.25, -0.2) is 5.43 Å². The number of carbonyl (C=O) groups excluding carboxylic acids is 1. The first kappa shape index (κ1) is 15.5. The molecule has 0 radical (unpaired) electrons. The Labute approximate surface area is 135 Å². The molecule has 0 fully saturated rings. The molecule has 0 saturated heterocycles. The number of aromatic hydroxyl groups is 1. The number of benzene rings is 2. The molecule has 6 heteroatoms. The second kappa shape index (κ2) is 6.74. The van der Waals surface area contributed by atoms with Crippen molar-refractivity contribution in [1.29, 1.82) is 0 Å². The van der Waals surface area contributed by atoms with Gasteiger partial charge in [-0.15, -0.1) is 0 Å². The van der Waals surface area contributed by atoms with Crippen LogP contribution in [0.3, 0.4) is 0 Å². The first-order valence-corrected chi connectivity index (χ1v) is 7.22. The van der Waals surface area contributed by atoms with E-state index in [1.807, 2.05) is 13.0 Å². The van der Waals surface area contributed by atoms with E-state index < -0.39 is 0 Å². The smallest absolute Gasteiger partial charge is 0.271 e. The molecule has 2 rings (SSSR count). The summed E-state index contributed by atoms with van der Waals surface area (Å²) in [7, 11) is 0. The van der Waals surface area contributed by atoms with Crippen LogP contribution in [0, 0.1) is 6.92 Å². The van der Waals surface area contributed by atoms with Crippen molar-refractivity contribution in [3.05, 3.63) is 62.6 Å². The Balaban J connectivity index is 2.11. The number of phenols is 1. The fourth-order valence-corrected chi connectivity index (χ4v) is 2.53. The van der Waals surface area contributed by atoms with Crippen molar-refractivity contribution in [2.24, 2.45) is 5.10 Å². The summed E-state index contributed by atoms with van der Waals surface area (Å²) in [5.41, 5.74) is 4.31. The minimum Gasteiger partial charge on any atom is -0.506 e. The van der Waals surface area contributed by atoms with E-state index >= 15 is 0 Å². The zero-order chi connectivity index (χ0) is 15.4. The highest BCUT2D eigenvalue weighted by Crippen LogP contribution is 2.30. The quantitative estimate of drug-likeness (QED) is 0.639. The van der Waals surface area contributed by atoms with Crippen LogP contribution in [0.4, 0.5) is 0 Å². The number of halogens is 2. The molecule has 1 amide bonds. The van der Waals surface area contributed by atoms with Crippen LogP contribution >= 0.6 is 27.5 Å². The third-order valence-electron chi connectivity index (χ3n) is 2.71. The van der Waals surface area contributed by atoms with Crippen LogP contribution < -0.4 is 5.43 Å². The Kier molecular flexibility index (Phi) is 4.98. The van der Waals surface area contributed by atoms with Crippen molar-refractivity contribution in [2.75, 3.05) is 0 Å². The Morgan fingerprint density at radius 2 is 2.14 bits per heavy atom. The van der Waals surface area contributed by atoms with Crippen LogP contribution in [0.1, 0.15) is 21.5 Å². The Morgan fingerprint density at radius 1 is 1.38 bits per heavy atom. The summed E-state index contributed by atoms with van der Waals surface area (Å²) in [5, 5.41) is 14.1. The molecular weight excluding hydrogens is 356 g/mol. The van der Waals surface area contributed by atoms with Gasteiger partial charge >= 0.3 is 0 Å². The summed E-state index contributed by atoms with van der Waals surface area (Å²) >= 11 is 9.07. The summed E-state index contributed by atoms with van der Waals surface area (Å²) in [4.78, 5) is 11.9. The monoisotopic (exact) mass is 366 g/mol. The number of hydrogen-bond acceptors (Lipinski definition) is 3. The van der Waals surface area contributed by atoms with Crippen molar-refractivity contribution in [3.8, 4) is 5.75 Å². The van der Waals surface area contributed by atoms with Crippen LogP contribution in [0.25, 0.3) is 0 Å². The number of aryl methyl sites for hydroxylation is 1. The van der Waals surface area contributed by atoms with Gasteiger partial charge in [0.15, 0.2) is 0 Å². The lowest BCUT2D eigenvalue weighted by Crippen LogP contribution is -2.17. The van der Waals surface area contributed by atoms with E-state index in [1.165, 1.54) is 6.21 Å². The maximum atomic E-state index is 11.9. The first-order valence-electron chi connectivity index (χ1n) is 6.05. The standard InChI is InChI=1S/C15H12BrClN2O2/c1-9-3-2-4-10(5-9)15(21)19-18-8-11-6-12(17)7-13(16)14(11)20/h2-8,20H,1H3,(H,19,21). The van der Waals surface area contributed by atoms with Crippen molar-refractivity contribution in [1.82, 2.24) is 5.43 Å². The Hall–Kier alpha value is -1.85. The molecule has 0 aliphatic carbocycles. The van der Waals surface area contributed by atoms with Crippen molar-refractivity contribution >= 4 is 39.7 Å². The lowest BCUT2D eigenvalue weighted by molar-refractivity contribution is 0.0955. The van der Waals surface area contributed by atoms with Gasteiger partial charge in [-0.1, -0.05) is 29.3 Å². The molecule has 0 aromatic heterocycles. The predicted molar refractivity (Wildman–Crippen MR) is 87.1 cm³/mol. The van der Waals surface area contributed by atoms with Crippen LogP contribution in [0.15, 0.2) is 46.0 Å². The largest absolute Gasteiger partial charge is 0.506 e. The summed E-state index contributed by atoms with van der Waals surface area (Å²) < 4.78 is 0.460. The third kappa shape index (κ3) is 4.06. The molecule has 0 unspecified atom stereocenters. The summed E-state index contributed by atoms with van der Waals surface area (Å²) in [6, 6.07) is 10.3.